The van der Waals surface area contributed by atoms with Gasteiger partial charge in [0.2, 0.25) is 0 Å². The average molecular weight is 657 g/mol. The minimum atomic E-state index is -4.50. The molecule has 0 bridgehead atoms. The number of anilines is 2. The number of halogens is 4. The lowest BCUT2D eigenvalue weighted by Gasteiger charge is -2.17. The Morgan fingerprint density at radius 1 is 0.936 bits per heavy atom. The van der Waals surface area contributed by atoms with Crippen molar-refractivity contribution in [2.75, 3.05) is 24.4 Å². The van der Waals surface area contributed by atoms with Crippen LogP contribution in [0.1, 0.15) is 37.7 Å². The highest BCUT2D eigenvalue weighted by atomic mass is 19.4. The van der Waals surface area contributed by atoms with E-state index in [0.29, 0.717) is 22.4 Å². The molecular formula is C33H32F4N4O6. The smallest absolute Gasteiger partial charge is 0.416 e. The van der Waals surface area contributed by atoms with E-state index in [2.05, 4.69) is 15.6 Å². The van der Waals surface area contributed by atoms with Gasteiger partial charge in [-0.25, -0.2) is 9.18 Å². The number of amides is 2. The quantitative estimate of drug-likeness (QED) is 0.112. The molecule has 0 radical (unpaired) electrons. The summed E-state index contributed by atoms with van der Waals surface area (Å²) in [6, 6.07) is 10.8. The number of rotatable bonds is 11. The fourth-order valence-electron chi connectivity index (χ4n) is 4.98. The number of benzene rings is 3. The summed E-state index contributed by atoms with van der Waals surface area (Å²) in [4.78, 5) is 29.0. The molecule has 10 nitrogen and oxygen atoms in total. The molecule has 2 amide bonds. The van der Waals surface area contributed by atoms with E-state index < -0.39 is 35.6 Å². The summed E-state index contributed by atoms with van der Waals surface area (Å²) in [6.07, 6.45) is 0.910. The number of hydrogen-bond acceptors (Lipinski definition) is 8. The summed E-state index contributed by atoms with van der Waals surface area (Å²) < 4.78 is 76.0. The molecule has 1 atom stereocenters. The van der Waals surface area contributed by atoms with Crippen molar-refractivity contribution in [3.05, 3.63) is 78.2 Å². The van der Waals surface area contributed by atoms with Gasteiger partial charge in [0, 0.05) is 41.5 Å². The van der Waals surface area contributed by atoms with Gasteiger partial charge in [-0.05, 0) is 74.2 Å². The zero-order valence-corrected chi connectivity index (χ0v) is 25.2. The van der Waals surface area contributed by atoms with Crippen molar-refractivity contribution in [2.45, 2.75) is 50.4 Å². The third-order valence-corrected chi connectivity index (χ3v) is 7.44. The SMILES string of the molecule is COc1cc2c(Oc3ccc(NC(=O)Nc4ccc(C(F)(F)F)cc4)cc3F)ccnc2cc1OCC[C@@H](N)C(=O)OC1CCCC1. The Balaban J connectivity index is 1.21. The van der Waals surface area contributed by atoms with Crippen LogP contribution in [0, 0.1) is 5.82 Å². The van der Waals surface area contributed by atoms with Crippen molar-refractivity contribution in [3.63, 3.8) is 0 Å². The molecule has 5 rings (SSSR count). The third kappa shape index (κ3) is 8.58. The Labute approximate surface area is 267 Å². The maximum atomic E-state index is 15.0. The van der Waals surface area contributed by atoms with E-state index in [1.807, 2.05) is 0 Å². The molecule has 248 valence electrons. The van der Waals surface area contributed by atoms with Crippen LogP contribution < -0.4 is 30.6 Å². The number of methoxy groups -OCH3 is 1. The first-order valence-electron chi connectivity index (χ1n) is 14.8. The van der Waals surface area contributed by atoms with Crippen LogP contribution in [0.15, 0.2) is 66.9 Å². The maximum Gasteiger partial charge on any atom is 0.416 e. The zero-order chi connectivity index (χ0) is 33.6. The van der Waals surface area contributed by atoms with Crippen molar-refractivity contribution in [3.8, 4) is 23.0 Å². The maximum absolute atomic E-state index is 15.0. The van der Waals surface area contributed by atoms with E-state index >= 15 is 4.39 Å². The normalized spacial score (nSPS) is 14.0. The Kier molecular flexibility index (Phi) is 10.3. The standard InChI is InChI=1S/C33H32F4N4O6/c1-44-29-17-23-26(18-30(29)45-15-13-25(38)31(42)46-22-4-2-3-5-22)39-14-12-27(23)47-28-11-10-21(16-24(28)34)41-32(43)40-20-8-6-19(7-9-20)33(35,36)37/h6-12,14,16-18,22,25H,2-5,13,15,38H2,1H3,(H2,40,41,43)/t25-/m1/s1. The number of hydrogen-bond donors (Lipinski definition) is 3. The topological polar surface area (TPSA) is 134 Å². The molecule has 1 aliphatic carbocycles. The van der Waals surface area contributed by atoms with Crippen LogP contribution in [-0.4, -0.2) is 42.8 Å². The molecule has 1 fully saturated rings. The lowest BCUT2D eigenvalue weighted by Crippen LogP contribution is -2.35. The second kappa shape index (κ2) is 14.5. The summed E-state index contributed by atoms with van der Waals surface area (Å²) in [6.45, 7) is 0.118. The Morgan fingerprint density at radius 3 is 2.32 bits per heavy atom. The van der Waals surface area contributed by atoms with E-state index in [0.717, 1.165) is 56.0 Å². The van der Waals surface area contributed by atoms with E-state index in [-0.39, 0.29) is 42.0 Å². The van der Waals surface area contributed by atoms with Gasteiger partial charge >= 0.3 is 18.2 Å². The van der Waals surface area contributed by atoms with Gasteiger partial charge in [-0.15, -0.1) is 0 Å². The molecule has 0 saturated heterocycles. The molecule has 1 saturated carbocycles. The first kappa shape index (κ1) is 33.3. The number of nitrogens with one attached hydrogen (secondary N) is 2. The number of nitrogens with two attached hydrogens (primary N) is 1. The van der Waals surface area contributed by atoms with E-state index in [9.17, 15) is 22.8 Å². The molecule has 0 spiro atoms. The number of fused-ring (bicyclic) bond motifs is 1. The molecule has 1 aromatic heterocycles. The van der Waals surface area contributed by atoms with Crippen LogP contribution in [0.5, 0.6) is 23.0 Å². The molecule has 1 heterocycles. The molecule has 0 unspecified atom stereocenters. The Bertz CT molecular complexity index is 1730. The van der Waals surface area contributed by atoms with Gasteiger partial charge in [-0.3, -0.25) is 9.78 Å². The predicted octanol–water partition coefficient (Wildman–Crippen LogP) is 7.42. The van der Waals surface area contributed by atoms with E-state index in [1.54, 1.807) is 18.2 Å². The van der Waals surface area contributed by atoms with E-state index in [1.165, 1.54) is 25.4 Å². The molecule has 0 aliphatic heterocycles. The van der Waals surface area contributed by atoms with Gasteiger partial charge in [0.15, 0.2) is 23.1 Å². The van der Waals surface area contributed by atoms with Gasteiger partial charge in [0.05, 0.1) is 24.8 Å². The van der Waals surface area contributed by atoms with Gasteiger partial charge in [0.25, 0.3) is 0 Å². The van der Waals surface area contributed by atoms with Gasteiger partial charge < -0.3 is 35.3 Å². The largest absolute Gasteiger partial charge is 0.493 e. The number of pyridine rings is 1. The van der Waals surface area contributed by atoms with Crippen molar-refractivity contribution >= 4 is 34.3 Å². The minimum Gasteiger partial charge on any atom is -0.493 e. The first-order chi connectivity index (χ1) is 22.5. The summed E-state index contributed by atoms with van der Waals surface area (Å²) in [5.41, 5.74) is 5.81. The van der Waals surface area contributed by atoms with Crippen LogP contribution in [-0.2, 0) is 15.7 Å². The number of nitrogens with zero attached hydrogens (tertiary/aromatic N) is 1. The number of ether oxygens (including phenoxy) is 4. The molecule has 1 aliphatic rings. The highest BCUT2D eigenvalue weighted by Crippen LogP contribution is 2.38. The predicted molar refractivity (Wildman–Crippen MR) is 165 cm³/mol. The van der Waals surface area contributed by atoms with Gasteiger partial charge in [-0.2, -0.15) is 13.2 Å². The molecule has 14 heteroatoms. The van der Waals surface area contributed by atoms with Crippen molar-refractivity contribution in [1.29, 1.82) is 0 Å². The van der Waals surface area contributed by atoms with Crippen molar-refractivity contribution in [1.82, 2.24) is 4.98 Å². The van der Waals surface area contributed by atoms with Gasteiger partial charge in [-0.1, -0.05) is 0 Å². The van der Waals surface area contributed by atoms with Crippen molar-refractivity contribution in [2.24, 2.45) is 5.73 Å². The lowest BCUT2D eigenvalue weighted by atomic mass is 10.1. The number of urea groups is 1. The highest BCUT2D eigenvalue weighted by Gasteiger charge is 2.30. The zero-order valence-electron chi connectivity index (χ0n) is 25.2. The van der Waals surface area contributed by atoms with Crippen LogP contribution in [0.4, 0.5) is 33.7 Å². The average Bonchev–Trinajstić information content (AvgIpc) is 3.55. The second-order valence-electron chi connectivity index (χ2n) is 10.8. The van der Waals surface area contributed by atoms with Crippen LogP contribution in [0.2, 0.25) is 0 Å². The monoisotopic (exact) mass is 656 g/mol. The Morgan fingerprint density at radius 2 is 1.64 bits per heavy atom. The fourth-order valence-corrected chi connectivity index (χ4v) is 4.98. The molecular weight excluding hydrogens is 624 g/mol. The molecule has 47 heavy (non-hydrogen) atoms. The molecule has 3 aromatic carbocycles. The summed E-state index contributed by atoms with van der Waals surface area (Å²) in [7, 11) is 1.45. The molecule has 4 N–H and O–H groups in total. The van der Waals surface area contributed by atoms with Gasteiger partial charge in [0.1, 0.15) is 17.9 Å². The number of aromatic nitrogens is 1. The number of carbonyl (C=O) groups is 2. The first-order valence-corrected chi connectivity index (χ1v) is 14.8. The molecule has 4 aromatic rings. The number of alkyl halides is 3. The number of carbonyl (C=O) groups excluding carboxylic acids is 2. The minimum absolute atomic E-state index is 0.0733. The third-order valence-electron chi connectivity index (χ3n) is 7.44. The Hall–Kier alpha value is -5.11. The fraction of sp³-hybridized carbons (Fsp3) is 0.303. The van der Waals surface area contributed by atoms with Crippen LogP contribution in [0.3, 0.4) is 0 Å². The highest BCUT2D eigenvalue weighted by molar-refractivity contribution is 5.99. The lowest BCUT2D eigenvalue weighted by molar-refractivity contribution is -0.150. The van der Waals surface area contributed by atoms with Crippen molar-refractivity contribution < 1.29 is 46.1 Å². The summed E-state index contributed by atoms with van der Waals surface area (Å²) in [5, 5.41) is 5.30. The van der Waals surface area contributed by atoms with Crippen LogP contribution in [0.25, 0.3) is 10.9 Å². The van der Waals surface area contributed by atoms with Crippen LogP contribution >= 0.6 is 0 Å². The summed E-state index contributed by atoms with van der Waals surface area (Å²) >= 11 is 0. The summed E-state index contributed by atoms with van der Waals surface area (Å²) in [5.74, 6) is -0.433. The second-order valence-corrected chi connectivity index (χ2v) is 10.8. The van der Waals surface area contributed by atoms with E-state index in [4.69, 9.17) is 24.7 Å². The number of esters is 1.